The molecule has 5 aliphatic rings. The van der Waals surface area contributed by atoms with Gasteiger partial charge < -0.3 is 135 Å². The zero-order chi connectivity index (χ0) is 51.2. The molecule has 5 heterocycles. The van der Waals surface area contributed by atoms with Gasteiger partial charge in [-0.1, -0.05) is 0 Å². The number of carbonyl (C=O) groups is 2. The number of ether oxygens (including phenoxy) is 9. The molecule has 69 heavy (non-hydrogen) atoms. The molecule has 1 unspecified atom stereocenters. The molecule has 0 aromatic carbocycles. The van der Waals surface area contributed by atoms with E-state index in [-0.39, 0.29) is 13.2 Å². The number of phosphoric ester groups is 1. The van der Waals surface area contributed by atoms with Crippen LogP contribution in [0.3, 0.4) is 0 Å². The number of nitrogens with one attached hydrogen (secondary N) is 2. The summed E-state index contributed by atoms with van der Waals surface area (Å²) in [5.74, 6) is -1.59. The van der Waals surface area contributed by atoms with Gasteiger partial charge in [0.1, 0.15) is 122 Å². The molecule has 0 aromatic rings. The topological polar surface area (TPSA) is 506 Å². The van der Waals surface area contributed by atoms with Crippen LogP contribution in [0, 0.1) is 0 Å². The van der Waals surface area contributed by atoms with E-state index in [1.807, 2.05) is 0 Å². The fourth-order valence-electron chi connectivity index (χ4n) is 8.09. The lowest BCUT2D eigenvalue weighted by Gasteiger charge is -2.50. The van der Waals surface area contributed by atoms with Gasteiger partial charge in [-0.3, -0.25) is 18.6 Å². The molecule has 5 fully saturated rings. The molecule has 0 bridgehead atoms. The zero-order valence-corrected chi connectivity index (χ0v) is 37.7. The number of amides is 2. The van der Waals surface area contributed by atoms with Gasteiger partial charge in [0, 0.05) is 20.4 Å². The predicted molar refractivity (Wildman–Crippen MR) is 213 cm³/mol. The predicted octanol–water partition coefficient (Wildman–Crippen LogP) is -11.5. The quantitative estimate of drug-likeness (QED) is 0.0504. The monoisotopic (exact) mass is 1030 g/mol. The molecular formula is C36H64N3O29P. The highest BCUT2D eigenvalue weighted by atomic mass is 31.2. The molecule has 32 nitrogen and oxygen atoms in total. The molecule has 5 rings (SSSR count). The van der Waals surface area contributed by atoms with Crippen LogP contribution in [-0.2, 0) is 65.8 Å². The third kappa shape index (κ3) is 13.8. The number of phosphoric acid groups is 1. The summed E-state index contributed by atoms with van der Waals surface area (Å²) in [7, 11) is -4.74. The standard InChI is InChI=1S/C36H64N3O29P/c1-10(43)38-17-22(48)19(45)16(9-60-69(56,57)59-4-3-37)64-33(17)58-8-15-20(46)24(50)27(53)35(65-15)66-29-14(7-42)63-34(18(23(29)49)39-11(2)44)68-31-21(47)12(5-40)62-36(28(31)54)67-30-13(6-41)61-32(55)26(52)25(30)51/h12-36,40-42,45-55H,3-9,37H2,1-2H3,(H,38,43)(H,39,44)(H,56,57)/t12-,13-,14-,15-,16-,17-,18-,19+,20+,21+,22-,23-,24+,25-,26-,27-,28-,29-,30-,31+,32-,33+,34+,35+,36+/m1/s1. The number of nitrogens with two attached hydrogens (primary N) is 1. The van der Waals surface area contributed by atoms with Gasteiger partial charge in [-0.05, 0) is 0 Å². The Kier molecular flexibility index (Phi) is 21.3. The van der Waals surface area contributed by atoms with Crippen molar-refractivity contribution in [2.75, 3.05) is 46.2 Å². The van der Waals surface area contributed by atoms with E-state index in [1.54, 1.807) is 0 Å². The molecule has 5 aliphatic heterocycles. The number of hydrogen-bond acceptors (Lipinski definition) is 29. The van der Waals surface area contributed by atoms with E-state index in [0.29, 0.717) is 0 Å². The van der Waals surface area contributed by atoms with Crippen molar-refractivity contribution >= 4 is 19.6 Å². The molecule has 19 N–H and O–H groups in total. The van der Waals surface area contributed by atoms with Crippen LogP contribution < -0.4 is 16.4 Å². The van der Waals surface area contributed by atoms with E-state index < -0.39 is 206 Å². The molecule has 0 saturated carbocycles. The summed E-state index contributed by atoms with van der Waals surface area (Å²) < 4.78 is 72.5. The molecule has 0 radical (unpaired) electrons. The Bertz CT molecular complexity index is 1680. The van der Waals surface area contributed by atoms with Gasteiger partial charge in [-0.2, -0.15) is 0 Å². The lowest BCUT2D eigenvalue weighted by atomic mass is 9.94. The summed E-state index contributed by atoms with van der Waals surface area (Å²) in [6.07, 6.45) is -43.3. The Morgan fingerprint density at radius 3 is 1.57 bits per heavy atom. The summed E-state index contributed by atoms with van der Waals surface area (Å²) in [4.78, 5) is 34.4. The molecule has 0 aromatic heterocycles. The highest BCUT2D eigenvalue weighted by Crippen LogP contribution is 2.44. The van der Waals surface area contributed by atoms with Crippen molar-refractivity contribution in [3.8, 4) is 0 Å². The highest BCUT2D eigenvalue weighted by Gasteiger charge is 2.56. The molecule has 26 atom stereocenters. The third-order valence-corrected chi connectivity index (χ3v) is 12.7. The number of rotatable bonds is 20. The Morgan fingerprint density at radius 1 is 0.507 bits per heavy atom. The van der Waals surface area contributed by atoms with E-state index in [4.69, 9.17) is 52.9 Å². The fraction of sp³-hybridized carbons (Fsp3) is 0.944. The Morgan fingerprint density at radius 2 is 0.986 bits per heavy atom. The third-order valence-electron chi connectivity index (χ3n) is 11.7. The molecular weight excluding hydrogens is 969 g/mol. The molecule has 402 valence electrons. The second-order valence-corrected chi connectivity index (χ2v) is 18.1. The first-order valence-electron chi connectivity index (χ1n) is 21.5. The van der Waals surface area contributed by atoms with E-state index in [9.17, 15) is 90.5 Å². The van der Waals surface area contributed by atoms with E-state index in [1.165, 1.54) is 0 Å². The van der Waals surface area contributed by atoms with E-state index in [2.05, 4.69) is 15.2 Å². The average molecular weight is 1030 g/mol. The summed E-state index contributed by atoms with van der Waals surface area (Å²) >= 11 is 0. The Labute approximate surface area is 391 Å². The normalized spacial score (nSPS) is 46.1. The minimum atomic E-state index is -4.74. The summed E-state index contributed by atoms with van der Waals surface area (Å²) in [5.41, 5.74) is 5.27. The maximum atomic E-state index is 12.5. The average Bonchev–Trinajstić information content (AvgIpc) is 3.30. The van der Waals surface area contributed by atoms with Crippen molar-refractivity contribution in [2.45, 2.75) is 167 Å². The van der Waals surface area contributed by atoms with Crippen molar-refractivity contribution < 1.29 is 142 Å². The lowest BCUT2D eigenvalue weighted by Crippen LogP contribution is -2.70. The van der Waals surface area contributed by atoms with Crippen LogP contribution in [0.4, 0.5) is 0 Å². The Balaban J connectivity index is 1.31. The first-order chi connectivity index (χ1) is 32.5. The maximum Gasteiger partial charge on any atom is 0.472 e. The highest BCUT2D eigenvalue weighted by molar-refractivity contribution is 7.47. The molecule has 5 saturated heterocycles. The molecule has 33 heteroatoms. The van der Waals surface area contributed by atoms with E-state index in [0.717, 1.165) is 13.8 Å². The molecule has 0 aliphatic carbocycles. The van der Waals surface area contributed by atoms with Crippen LogP contribution in [0.1, 0.15) is 13.8 Å². The van der Waals surface area contributed by atoms with Crippen molar-refractivity contribution in [1.29, 1.82) is 0 Å². The SMILES string of the molecule is CC(=O)N[C@H]1[C@H](O[C@H]2[C@@H](O)[C@@H](CO)O[C@@H](O[C@H]3[C@H](O)[C@@H](O)[C@H](O)O[C@@H]3CO)[C@@H]2O)O[C@H](CO)[C@@H](O[C@@H]2O[C@H](CO[C@H]3O[C@H](COP(=O)(O)OCCN)[C@H](O)[C@H](O)[C@H]3NC(C)=O)[C@H](O)[C@H](O)[C@H]2O)[C@@H]1O. The van der Waals surface area contributed by atoms with Crippen molar-refractivity contribution in [1.82, 2.24) is 10.6 Å². The van der Waals surface area contributed by atoms with Gasteiger partial charge >= 0.3 is 7.82 Å². The van der Waals surface area contributed by atoms with Crippen LogP contribution in [0.2, 0.25) is 0 Å². The first kappa shape index (κ1) is 58.0. The van der Waals surface area contributed by atoms with Crippen LogP contribution in [0.5, 0.6) is 0 Å². The smallest absolute Gasteiger partial charge is 0.394 e. The van der Waals surface area contributed by atoms with Crippen LogP contribution in [0.25, 0.3) is 0 Å². The lowest BCUT2D eigenvalue weighted by molar-refractivity contribution is -0.380. The van der Waals surface area contributed by atoms with Gasteiger partial charge in [0.15, 0.2) is 31.5 Å². The number of carbonyl (C=O) groups excluding carboxylic acids is 2. The minimum Gasteiger partial charge on any atom is -0.394 e. The van der Waals surface area contributed by atoms with Crippen molar-refractivity contribution in [3.63, 3.8) is 0 Å². The summed E-state index contributed by atoms with van der Waals surface area (Å²) in [5, 5.41) is 154. The number of aliphatic hydroxyl groups is 14. The second kappa shape index (κ2) is 25.4. The molecule has 2 amide bonds. The van der Waals surface area contributed by atoms with E-state index >= 15 is 0 Å². The zero-order valence-electron chi connectivity index (χ0n) is 36.8. The maximum absolute atomic E-state index is 12.5. The fourth-order valence-corrected chi connectivity index (χ4v) is 8.84. The van der Waals surface area contributed by atoms with Crippen LogP contribution >= 0.6 is 7.82 Å². The van der Waals surface area contributed by atoms with Gasteiger partial charge in [-0.25, -0.2) is 4.57 Å². The minimum absolute atomic E-state index is 0.151. The Hall–Kier alpha value is -1.91. The first-order valence-corrected chi connectivity index (χ1v) is 23.0. The van der Waals surface area contributed by atoms with Crippen molar-refractivity contribution in [2.24, 2.45) is 5.73 Å². The van der Waals surface area contributed by atoms with Gasteiger partial charge in [0.05, 0.1) is 39.6 Å². The number of aliphatic hydroxyl groups excluding tert-OH is 14. The van der Waals surface area contributed by atoms with Gasteiger partial charge in [0.25, 0.3) is 0 Å². The molecule has 0 spiro atoms. The summed E-state index contributed by atoms with van der Waals surface area (Å²) in [6.45, 7) is -3.07. The summed E-state index contributed by atoms with van der Waals surface area (Å²) in [6, 6.07) is -3.31. The van der Waals surface area contributed by atoms with Crippen LogP contribution in [0.15, 0.2) is 0 Å². The largest absolute Gasteiger partial charge is 0.472 e. The van der Waals surface area contributed by atoms with Crippen LogP contribution in [-0.4, -0.2) is 288 Å². The van der Waals surface area contributed by atoms with Crippen molar-refractivity contribution in [3.05, 3.63) is 0 Å². The van der Waals surface area contributed by atoms with Gasteiger partial charge in [-0.15, -0.1) is 0 Å². The number of hydrogen-bond donors (Lipinski definition) is 18. The van der Waals surface area contributed by atoms with Gasteiger partial charge in [0.2, 0.25) is 11.8 Å². The second-order valence-electron chi connectivity index (χ2n) is 16.7.